The molecule has 2 N–H and O–H groups in total. The van der Waals surface area contributed by atoms with Gasteiger partial charge in [0, 0.05) is 12.4 Å². The first-order chi connectivity index (χ1) is 13.0. The van der Waals surface area contributed by atoms with E-state index in [2.05, 4.69) is 15.2 Å². The smallest absolute Gasteiger partial charge is 0.250 e. The van der Waals surface area contributed by atoms with Crippen molar-refractivity contribution in [1.82, 2.24) is 19.6 Å². The van der Waals surface area contributed by atoms with Gasteiger partial charge >= 0.3 is 0 Å². The number of amides is 1. The van der Waals surface area contributed by atoms with Gasteiger partial charge in [-0.05, 0) is 47.9 Å². The third-order valence-corrected chi connectivity index (χ3v) is 4.13. The molecule has 4 rings (SSSR count). The van der Waals surface area contributed by atoms with Gasteiger partial charge in [0.1, 0.15) is 5.69 Å². The number of benzene rings is 1. The van der Waals surface area contributed by atoms with Crippen molar-refractivity contribution < 1.29 is 13.6 Å². The van der Waals surface area contributed by atoms with Gasteiger partial charge in [-0.3, -0.25) is 14.2 Å². The number of nitrogens with two attached hydrogens (primary N) is 1. The predicted octanol–water partition coefficient (Wildman–Crippen LogP) is 2.76. The highest BCUT2D eigenvalue weighted by Gasteiger charge is 2.12. The highest BCUT2D eigenvalue weighted by Crippen LogP contribution is 2.19. The van der Waals surface area contributed by atoms with Crippen LogP contribution in [0.25, 0.3) is 17.2 Å². The van der Waals surface area contributed by atoms with E-state index in [4.69, 9.17) is 5.73 Å². The molecule has 3 heterocycles. The van der Waals surface area contributed by atoms with Crippen LogP contribution < -0.4 is 5.73 Å². The van der Waals surface area contributed by atoms with Gasteiger partial charge in [0.05, 0.1) is 5.56 Å². The number of aromatic nitrogens is 4. The van der Waals surface area contributed by atoms with Crippen molar-refractivity contribution in [1.29, 1.82) is 0 Å². The van der Waals surface area contributed by atoms with Crippen molar-refractivity contribution in [3.05, 3.63) is 83.2 Å². The zero-order valence-electron chi connectivity index (χ0n) is 13.9. The molecule has 0 saturated heterocycles. The lowest BCUT2D eigenvalue weighted by Crippen LogP contribution is -2.11. The topological polar surface area (TPSA) is 86.2 Å². The van der Waals surface area contributed by atoms with E-state index in [-0.39, 0.29) is 0 Å². The summed E-state index contributed by atoms with van der Waals surface area (Å²) in [6.07, 6.45) is 3.61. The van der Waals surface area contributed by atoms with Crippen LogP contribution in [0, 0.1) is 11.6 Å². The van der Waals surface area contributed by atoms with Crippen LogP contribution in [0.1, 0.15) is 21.5 Å². The fourth-order valence-electron chi connectivity index (χ4n) is 2.76. The molecule has 4 aromatic rings. The fourth-order valence-corrected chi connectivity index (χ4v) is 2.76. The van der Waals surface area contributed by atoms with E-state index in [0.29, 0.717) is 34.7 Å². The summed E-state index contributed by atoms with van der Waals surface area (Å²) in [5.41, 5.74) is 8.23. The van der Waals surface area contributed by atoms with Crippen molar-refractivity contribution in [2.75, 3.05) is 0 Å². The average molecular weight is 365 g/mol. The summed E-state index contributed by atoms with van der Waals surface area (Å²) in [5, 5.41) is 8.16. The molecule has 8 heteroatoms. The van der Waals surface area contributed by atoms with Crippen molar-refractivity contribution in [2.45, 2.75) is 6.42 Å². The molecule has 0 aliphatic heterocycles. The molecule has 0 aliphatic carbocycles. The number of pyridine rings is 2. The third-order valence-electron chi connectivity index (χ3n) is 4.13. The van der Waals surface area contributed by atoms with Gasteiger partial charge in [0.2, 0.25) is 5.91 Å². The summed E-state index contributed by atoms with van der Waals surface area (Å²) >= 11 is 0. The summed E-state index contributed by atoms with van der Waals surface area (Å²) in [6.45, 7) is 0. The van der Waals surface area contributed by atoms with Crippen LogP contribution in [0.4, 0.5) is 8.78 Å². The minimum atomic E-state index is -0.878. The van der Waals surface area contributed by atoms with Gasteiger partial charge < -0.3 is 5.73 Å². The molecule has 27 heavy (non-hydrogen) atoms. The van der Waals surface area contributed by atoms with E-state index < -0.39 is 17.5 Å². The molecular formula is C19H13F2N5O. The normalized spacial score (nSPS) is 11.0. The Kier molecular flexibility index (Phi) is 4.08. The number of primary amides is 1. The number of hydrogen-bond donors (Lipinski definition) is 1. The molecule has 0 aliphatic rings. The molecule has 3 aromatic heterocycles. The molecule has 6 nitrogen and oxygen atoms in total. The van der Waals surface area contributed by atoms with Gasteiger partial charge in [-0.1, -0.05) is 12.1 Å². The zero-order chi connectivity index (χ0) is 19.0. The number of rotatable bonds is 4. The Balaban J connectivity index is 1.64. The van der Waals surface area contributed by atoms with Crippen LogP contribution in [-0.2, 0) is 6.42 Å². The Morgan fingerprint density at radius 3 is 2.52 bits per heavy atom. The number of fused-ring (bicyclic) bond motifs is 1. The Bertz CT molecular complexity index is 1150. The predicted molar refractivity (Wildman–Crippen MR) is 93.9 cm³/mol. The van der Waals surface area contributed by atoms with Crippen LogP contribution >= 0.6 is 0 Å². The molecule has 0 atom stereocenters. The van der Waals surface area contributed by atoms with Crippen molar-refractivity contribution in [2.24, 2.45) is 5.73 Å². The van der Waals surface area contributed by atoms with Crippen LogP contribution in [0.5, 0.6) is 0 Å². The SMILES string of the molecule is NC(=O)c1ccc2nnc(-c3ccc(Cc4ccc(F)c(F)c4)cn3)n2c1. The standard InChI is InChI=1S/C19H13F2N5O/c20-14-4-1-11(8-15(14)21)7-12-2-5-16(23-9-12)19-25-24-17-6-3-13(18(22)27)10-26(17)19/h1-6,8-10H,7H2,(H2,22,27). The Morgan fingerprint density at radius 1 is 1.00 bits per heavy atom. The van der Waals surface area contributed by atoms with Gasteiger partial charge in [-0.15, -0.1) is 10.2 Å². The van der Waals surface area contributed by atoms with Gasteiger partial charge in [0.25, 0.3) is 0 Å². The maximum absolute atomic E-state index is 13.3. The van der Waals surface area contributed by atoms with Gasteiger partial charge in [-0.2, -0.15) is 0 Å². The van der Waals surface area contributed by atoms with Crippen molar-refractivity contribution in [3.63, 3.8) is 0 Å². The number of nitrogens with zero attached hydrogens (tertiary/aromatic N) is 4. The molecule has 0 unspecified atom stereocenters. The minimum Gasteiger partial charge on any atom is -0.366 e. The Labute approximate surface area is 152 Å². The van der Waals surface area contributed by atoms with E-state index in [9.17, 15) is 13.6 Å². The fraction of sp³-hybridized carbons (Fsp3) is 0.0526. The van der Waals surface area contributed by atoms with Crippen LogP contribution in [0.15, 0.2) is 54.9 Å². The van der Waals surface area contributed by atoms with Crippen LogP contribution in [-0.4, -0.2) is 25.5 Å². The first-order valence-electron chi connectivity index (χ1n) is 8.05. The van der Waals surface area contributed by atoms with Gasteiger partial charge in [0.15, 0.2) is 23.1 Å². The average Bonchev–Trinajstić information content (AvgIpc) is 3.08. The molecule has 1 aromatic carbocycles. The van der Waals surface area contributed by atoms with Crippen LogP contribution in [0.3, 0.4) is 0 Å². The molecule has 0 radical (unpaired) electrons. The number of carbonyl (C=O) groups is 1. The molecule has 1 amide bonds. The first-order valence-corrected chi connectivity index (χ1v) is 8.05. The van der Waals surface area contributed by atoms with Crippen molar-refractivity contribution in [3.8, 4) is 11.5 Å². The van der Waals surface area contributed by atoms with E-state index in [1.54, 1.807) is 35.0 Å². The van der Waals surface area contributed by atoms with Gasteiger partial charge in [-0.25, -0.2) is 8.78 Å². The second-order valence-corrected chi connectivity index (χ2v) is 6.01. The maximum Gasteiger partial charge on any atom is 0.250 e. The van der Waals surface area contributed by atoms with E-state index in [1.165, 1.54) is 12.1 Å². The quantitative estimate of drug-likeness (QED) is 0.602. The summed E-state index contributed by atoms with van der Waals surface area (Å²) in [6, 6.07) is 10.6. The van der Waals surface area contributed by atoms with Crippen LogP contribution in [0.2, 0.25) is 0 Å². The zero-order valence-corrected chi connectivity index (χ0v) is 13.9. The Hall–Kier alpha value is -3.68. The summed E-state index contributed by atoms with van der Waals surface area (Å²) in [7, 11) is 0. The Morgan fingerprint density at radius 2 is 1.81 bits per heavy atom. The summed E-state index contributed by atoms with van der Waals surface area (Å²) in [4.78, 5) is 15.8. The molecule has 134 valence electrons. The van der Waals surface area contributed by atoms with E-state index in [0.717, 1.165) is 11.6 Å². The number of halogens is 2. The second kappa shape index (κ2) is 6.56. The van der Waals surface area contributed by atoms with E-state index in [1.807, 2.05) is 6.07 Å². The van der Waals surface area contributed by atoms with Crippen molar-refractivity contribution >= 4 is 11.6 Å². The largest absolute Gasteiger partial charge is 0.366 e. The highest BCUT2D eigenvalue weighted by molar-refractivity contribution is 5.92. The lowest BCUT2D eigenvalue weighted by Gasteiger charge is -2.05. The molecular weight excluding hydrogens is 352 g/mol. The maximum atomic E-state index is 13.3. The molecule has 0 spiro atoms. The first kappa shape index (κ1) is 16.8. The van der Waals surface area contributed by atoms with E-state index >= 15 is 0 Å². The molecule has 0 fully saturated rings. The second-order valence-electron chi connectivity index (χ2n) is 6.01. The molecule has 0 bridgehead atoms. The lowest BCUT2D eigenvalue weighted by molar-refractivity contribution is 0.1000. The number of hydrogen-bond acceptors (Lipinski definition) is 4. The summed E-state index contributed by atoms with van der Waals surface area (Å²) in [5.74, 6) is -1.84. The highest BCUT2D eigenvalue weighted by atomic mass is 19.2. The summed E-state index contributed by atoms with van der Waals surface area (Å²) < 4.78 is 28.0. The third kappa shape index (κ3) is 3.24. The molecule has 0 saturated carbocycles. The minimum absolute atomic E-state index is 0.332. The number of carbonyl (C=O) groups excluding carboxylic acids is 1. The monoisotopic (exact) mass is 365 g/mol. The lowest BCUT2D eigenvalue weighted by atomic mass is 10.1.